The first-order valence-corrected chi connectivity index (χ1v) is 9.62. The number of nitrogen functional groups attached to an aromatic ring is 2. The fraction of sp³-hybridized carbons (Fsp3) is 0.227. The molecule has 0 radical (unpaired) electrons. The first kappa shape index (κ1) is 21.1. The molecular weight excluding hydrogens is 380 g/mol. The Morgan fingerprint density at radius 2 is 1.70 bits per heavy atom. The summed E-state index contributed by atoms with van der Waals surface area (Å²) in [6.07, 6.45) is 1.07. The first-order valence-electron chi connectivity index (χ1n) is 9.62. The molecule has 0 aliphatic heterocycles. The van der Waals surface area contributed by atoms with Crippen molar-refractivity contribution in [1.82, 2.24) is 10.3 Å². The van der Waals surface area contributed by atoms with Crippen LogP contribution < -0.4 is 16.8 Å². The second-order valence-corrected chi connectivity index (χ2v) is 6.97. The van der Waals surface area contributed by atoms with Crippen molar-refractivity contribution in [2.75, 3.05) is 20.2 Å². The second-order valence-electron chi connectivity index (χ2n) is 6.97. The number of nitrogens with one attached hydrogen (secondary N) is 4. The molecule has 1 heterocycles. The number of rotatable bonds is 9. The summed E-state index contributed by atoms with van der Waals surface area (Å²) in [6.45, 7) is 1.24. The van der Waals surface area contributed by atoms with Gasteiger partial charge in [-0.2, -0.15) is 0 Å². The number of hydrogen-bond donors (Lipinski definition) is 6. The van der Waals surface area contributed by atoms with Crippen LogP contribution in [0.25, 0.3) is 22.2 Å². The highest BCUT2D eigenvalue weighted by Gasteiger charge is 2.14. The number of benzene rings is 2. The van der Waals surface area contributed by atoms with Gasteiger partial charge >= 0.3 is 5.97 Å². The van der Waals surface area contributed by atoms with E-state index in [1.165, 1.54) is 7.11 Å². The summed E-state index contributed by atoms with van der Waals surface area (Å²) in [5.74, 6) is -0.193. The standard InChI is InChI=1S/C22H26N6O2/c1-30-19(29)9-11-27-10-8-17-16-7-6-15(22(25)26)12-18(16)28-20(17)13-2-4-14(5-3-13)21(23)24/h2-7,12,27-28H,8-11H2,1H3,(H3,23,24)(H3,25,26). The second kappa shape index (κ2) is 9.23. The minimum atomic E-state index is -0.238. The number of carbonyl (C=O) groups is 1. The molecule has 30 heavy (non-hydrogen) atoms. The summed E-state index contributed by atoms with van der Waals surface area (Å²) in [5, 5.41) is 19.6. The summed E-state index contributed by atoms with van der Waals surface area (Å²) in [4.78, 5) is 14.7. The highest BCUT2D eigenvalue weighted by atomic mass is 16.5. The molecule has 0 fully saturated rings. The molecule has 0 aliphatic rings. The van der Waals surface area contributed by atoms with Gasteiger partial charge in [0, 0.05) is 34.3 Å². The van der Waals surface area contributed by atoms with Crippen molar-refractivity contribution in [3.05, 3.63) is 59.2 Å². The number of aromatic nitrogens is 1. The van der Waals surface area contributed by atoms with Crippen molar-refractivity contribution in [3.8, 4) is 11.3 Å². The van der Waals surface area contributed by atoms with Gasteiger partial charge in [-0.25, -0.2) is 0 Å². The third-order valence-electron chi connectivity index (χ3n) is 4.99. The average molecular weight is 406 g/mol. The van der Waals surface area contributed by atoms with Crippen LogP contribution in [0.1, 0.15) is 23.1 Å². The Kier molecular flexibility index (Phi) is 6.48. The molecule has 1 aromatic heterocycles. The SMILES string of the molecule is COC(=O)CCNCCc1c(-c2ccc(C(=N)N)cc2)[nH]c2cc(C(=N)N)ccc12. The highest BCUT2D eigenvalue weighted by molar-refractivity contribution is 6.01. The fourth-order valence-corrected chi connectivity index (χ4v) is 3.38. The van der Waals surface area contributed by atoms with Crippen molar-refractivity contribution in [2.45, 2.75) is 12.8 Å². The van der Waals surface area contributed by atoms with Gasteiger partial charge in [-0.3, -0.25) is 15.6 Å². The molecule has 0 amide bonds. The fourth-order valence-electron chi connectivity index (χ4n) is 3.38. The van der Waals surface area contributed by atoms with Crippen molar-refractivity contribution in [2.24, 2.45) is 11.5 Å². The summed E-state index contributed by atoms with van der Waals surface area (Å²) >= 11 is 0. The quantitative estimate of drug-likeness (QED) is 0.139. The largest absolute Gasteiger partial charge is 0.469 e. The number of nitrogens with two attached hydrogens (primary N) is 2. The first-order chi connectivity index (χ1) is 14.4. The summed E-state index contributed by atoms with van der Waals surface area (Å²) < 4.78 is 4.66. The zero-order chi connectivity index (χ0) is 21.7. The lowest BCUT2D eigenvalue weighted by Crippen LogP contribution is -2.21. The van der Waals surface area contributed by atoms with Crippen LogP contribution in [0.2, 0.25) is 0 Å². The molecule has 2 aromatic carbocycles. The van der Waals surface area contributed by atoms with Gasteiger partial charge in [0.2, 0.25) is 0 Å². The Morgan fingerprint density at radius 3 is 2.33 bits per heavy atom. The van der Waals surface area contributed by atoms with Gasteiger partial charge < -0.3 is 26.5 Å². The Balaban J connectivity index is 1.91. The molecule has 8 N–H and O–H groups in total. The maximum Gasteiger partial charge on any atom is 0.306 e. The lowest BCUT2D eigenvalue weighted by atomic mass is 10.0. The Hall–Kier alpha value is -3.65. The third-order valence-corrected chi connectivity index (χ3v) is 4.99. The Labute approximate surface area is 174 Å². The van der Waals surface area contributed by atoms with E-state index in [-0.39, 0.29) is 17.6 Å². The molecule has 0 saturated carbocycles. The van der Waals surface area contributed by atoms with Gasteiger partial charge in [0.05, 0.1) is 13.5 Å². The monoisotopic (exact) mass is 406 g/mol. The Bertz CT molecular complexity index is 1080. The molecule has 0 atom stereocenters. The topological polar surface area (TPSA) is 154 Å². The van der Waals surface area contributed by atoms with Gasteiger partial charge in [0.25, 0.3) is 0 Å². The van der Waals surface area contributed by atoms with Crippen LogP contribution in [0.4, 0.5) is 0 Å². The number of methoxy groups -OCH3 is 1. The molecule has 8 nitrogen and oxygen atoms in total. The van der Waals surface area contributed by atoms with E-state index in [0.29, 0.717) is 30.6 Å². The zero-order valence-corrected chi connectivity index (χ0v) is 16.8. The van der Waals surface area contributed by atoms with E-state index in [4.69, 9.17) is 22.3 Å². The van der Waals surface area contributed by atoms with E-state index in [1.807, 2.05) is 42.5 Å². The molecule has 3 rings (SSSR count). The molecular formula is C22H26N6O2. The van der Waals surface area contributed by atoms with Crippen LogP contribution in [0.15, 0.2) is 42.5 Å². The van der Waals surface area contributed by atoms with Crippen molar-refractivity contribution in [1.29, 1.82) is 10.8 Å². The van der Waals surface area contributed by atoms with Gasteiger partial charge in [-0.05, 0) is 30.2 Å². The van der Waals surface area contributed by atoms with Crippen molar-refractivity contribution in [3.63, 3.8) is 0 Å². The highest BCUT2D eigenvalue weighted by Crippen LogP contribution is 2.31. The summed E-state index contributed by atoms with van der Waals surface area (Å²) in [7, 11) is 1.38. The normalized spacial score (nSPS) is 10.8. The van der Waals surface area contributed by atoms with E-state index in [2.05, 4.69) is 15.0 Å². The van der Waals surface area contributed by atoms with Crippen LogP contribution in [0.5, 0.6) is 0 Å². The number of esters is 1. The number of hydrogen-bond acceptors (Lipinski definition) is 5. The minimum Gasteiger partial charge on any atom is -0.469 e. The molecule has 0 aliphatic carbocycles. The third kappa shape index (κ3) is 4.66. The predicted molar refractivity (Wildman–Crippen MR) is 119 cm³/mol. The lowest BCUT2D eigenvalue weighted by Gasteiger charge is -2.08. The molecule has 156 valence electrons. The maximum absolute atomic E-state index is 11.3. The van der Waals surface area contributed by atoms with E-state index in [0.717, 1.165) is 34.1 Å². The van der Waals surface area contributed by atoms with Crippen LogP contribution in [-0.4, -0.2) is 42.8 Å². The maximum atomic E-state index is 11.3. The van der Waals surface area contributed by atoms with Crippen LogP contribution in [-0.2, 0) is 16.0 Å². The zero-order valence-electron chi connectivity index (χ0n) is 16.8. The Morgan fingerprint density at radius 1 is 1.03 bits per heavy atom. The minimum absolute atomic E-state index is 0.0184. The smallest absolute Gasteiger partial charge is 0.306 e. The summed E-state index contributed by atoms with van der Waals surface area (Å²) in [6, 6.07) is 13.2. The van der Waals surface area contributed by atoms with Gasteiger partial charge in [0.1, 0.15) is 11.7 Å². The summed E-state index contributed by atoms with van der Waals surface area (Å²) in [5.41, 5.74) is 16.5. The van der Waals surface area contributed by atoms with Crippen LogP contribution >= 0.6 is 0 Å². The number of carbonyl (C=O) groups excluding carboxylic acids is 1. The predicted octanol–water partition coefficient (Wildman–Crippen LogP) is 2.10. The molecule has 3 aromatic rings. The van der Waals surface area contributed by atoms with E-state index < -0.39 is 0 Å². The number of fused-ring (bicyclic) bond motifs is 1. The van der Waals surface area contributed by atoms with E-state index in [9.17, 15) is 4.79 Å². The molecule has 0 spiro atoms. The van der Waals surface area contributed by atoms with E-state index in [1.54, 1.807) is 0 Å². The molecule has 0 unspecified atom stereocenters. The number of H-pyrrole nitrogens is 1. The van der Waals surface area contributed by atoms with Crippen molar-refractivity contribution >= 4 is 28.5 Å². The van der Waals surface area contributed by atoms with E-state index >= 15 is 0 Å². The molecule has 0 bridgehead atoms. The van der Waals surface area contributed by atoms with Crippen LogP contribution in [0.3, 0.4) is 0 Å². The molecule has 0 saturated heterocycles. The van der Waals surface area contributed by atoms with Gasteiger partial charge in [0.15, 0.2) is 0 Å². The molecule has 8 heteroatoms. The number of aromatic amines is 1. The average Bonchev–Trinajstić information content (AvgIpc) is 3.11. The lowest BCUT2D eigenvalue weighted by molar-refractivity contribution is -0.140. The van der Waals surface area contributed by atoms with Crippen LogP contribution in [0, 0.1) is 10.8 Å². The number of ether oxygens (including phenoxy) is 1. The van der Waals surface area contributed by atoms with Gasteiger partial charge in [-0.15, -0.1) is 0 Å². The van der Waals surface area contributed by atoms with Crippen molar-refractivity contribution < 1.29 is 9.53 Å². The number of amidine groups is 2. The van der Waals surface area contributed by atoms with Gasteiger partial charge in [-0.1, -0.05) is 36.4 Å².